The Labute approximate surface area is 206 Å². The van der Waals surface area contributed by atoms with E-state index in [0.717, 1.165) is 12.8 Å². The molecule has 1 aromatic carbocycles. The van der Waals surface area contributed by atoms with E-state index in [9.17, 15) is 4.79 Å². The Morgan fingerprint density at radius 1 is 1.23 bits per heavy atom. The van der Waals surface area contributed by atoms with Gasteiger partial charge in [0.2, 0.25) is 5.95 Å². The number of nitrogens with zero attached hydrogens (tertiary/aromatic N) is 5. The van der Waals surface area contributed by atoms with Gasteiger partial charge in [-0.05, 0) is 25.0 Å². The molecule has 1 saturated carbocycles. The van der Waals surface area contributed by atoms with Gasteiger partial charge in [-0.1, -0.05) is 11.6 Å². The number of benzene rings is 1. The number of nitrogen functional groups attached to an aromatic ring is 2. The third-order valence-electron chi connectivity index (χ3n) is 6.03. The fraction of sp³-hybridized carbons (Fsp3) is 0.429. The SMILES string of the molecule is COC(=O)N[C@H]1CN(c2cc(N)cc(Nc3nc(NC4CC4)c4ncc(N)n4n3)c2Cl)C[C@@H]1OC. The highest BCUT2D eigenvalue weighted by Gasteiger charge is 2.35. The summed E-state index contributed by atoms with van der Waals surface area (Å²) in [6.07, 6.45) is 2.90. The number of alkyl carbamates (subject to hydrolysis) is 1. The van der Waals surface area contributed by atoms with Crippen molar-refractivity contribution in [2.75, 3.05) is 54.3 Å². The molecule has 3 aromatic rings. The summed E-state index contributed by atoms with van der Waals surface area (Å²) in [4.78, 5) is 22.7. The summed E-state index contributed by atoms with van der Waals surface area (Å²) >= 11 is 6.82. The molecule has 1 aliphatic carbocycles. The molecule has 0 unspecified atom stereocenters. The Morgan fingerprint density at radius 2 is 2.03 bits per heavy atom. The number of carbonyl (C=O) groups is 1. The maximum Gasteiger partial charge on any atom is 0.407 e. The Morgan fingerprint density at radius 3 is 2.74 bits per heavy atom. The van der Waals surface area contributed by atoms with Crippen molar-refractivity contribution in [1.82, 2.24) is 24.9 Å². The number of amides is 1. The lowest BCUT2D eigenvalue weighted by Gasteiger charge is -2.22. The van der Waals surface area contributed by atoms with E-state index in [1.54, 1.807) is 19.2 Å². The Hall–Kier alpha value is -3.71. The number of nitrogens with one attached hydrogen (secondary N) is 3. The fourth-order valence-electron chi connectivity index (χ4n) is 4.10. The molecule has 1 amide bonds. The van der Waals surface area contributed by atoms with Gasteiger partial charge in [0.1, 0.15) is 5.82 Å². The zero-order valence-electron chi connectivity index (χ0n) is 19.3. The first-order chi connectivity index (χ1) is 16.9. The van der Waals surface area contributed by atoms with Gasteiger partial charge in [0.25, 0.3) is 0 Å². The van der Waals surface area contributed by atoms with Crippen LogP contribution in [0, 0.1) is 0 Å². The first-order valence-corrected chi connectivity index (χ1v) is 11.5. The lowest BCUT2D eigenvalue weighted by atomic mass is 10.2. The molecule has 13 nitrogen and oxygen atoms in total. The number of imidazole rings is 1. The zero-order valence-corrected chi connectivity index (χ0v) is 20.0. The first kappa shape index (κ1) is 23.1. The average molecular weight is 503 g/mol. The summed E-state index contributed by atoms with van der Waals surface area (Å²) in [5, 5.41) is 14.2. The van der Waals surface area contributed by atoms with Gasteiger partial charge in [0.15, 0.2) is 11.5 Å². The molecule has 1 saturated heterocycles. The number of carbonyl (C=O) groups excluding carboxylic acids is 1. The molecule has 3 heterocycles. The predicted molar refractivity (Wildman–Crippen MR) is 133 cm³/mol. The second-order valence-corrected chi connectivity index (χ2v) is 8.95. The number of methoxy groups -OCH3 is 2. The smallest absolute Gasteiger partial charge is 0.407 e. The summed E-state index contributed by atoms with van der Waals surface area (Å²) in [5.41, 5.74) is 14.5. The summed E-state index contributed by atoms with van der Waals surface area (Å²) in [5.74, 6) is 1.25. The molecule has 0 spiro atoms. The second kappa shape index (κ2) is 9.15. The highest BCUT2D eigenvalue weighted by molar-refractivity contribution is 6.36. The number of fused-ring (bicyclic) bond motifs is 1. The van der Waals surface area contributed by atoms with Gasteiger partial charge in [0, 0.05) is 31.9 Å². The van der Waals surface area contributed by atoms with Gasteiger partial charge < -0.3 is 41.8 Å². The topological polar surface area (TPSA) is 170 Å². The molecule has 14 heteroatoms. The van der Waals surface area contributed by atoms with Crippen molar-refractivity contribution in [2.24, 2.45) is 0 Å². The highest BCUT2D eigenvalue weighted by Crippen LogP contribution is 2.38. The Kier molecular flexibility index (Phi) is 6.03. The Balaban J connectivity index is 1.44. The van der Waals surface area contributed by atoms with E-state index in [0.29, 0.717) is 58.5 Å². The van der Waals surface area contributed by atoms with Crippen LogP contribution in [0.4, 0.5) is 39.4 Å². The zero-order chi connectivity index (χ0) is 24.7. The number of anilines is 6. The van der Waals surface area contributed by atoms with Gasteiger partial charge in [-0.25, -0.2) is 9.78 Å². The van der Waals surface area contributed by atoms with Crippen LogP contribution >= 0.6 is 11.6 Å². The second-order valence-electron chi connectivity index (χ2n) is 8.57. The number of rotatable bonds is 7. The van der Waals surface area contributed by atoms with E-state index in [1.165, 1.54) is 17.8 Å². The maximum atomic E-state index is 11.7. The van der Waals surface area contributed by atoms with E-state index in [-0.39, 0.29) is 18.1 Å². The first-order valence-electron chi connectivity index (χ1n) is 11.1. The molecule has 7 N–H and O–H groups in total. The van der Waals surface area contributed by atoms with Crippen LogP contribution in [0.5, 0.6) is 0 Å². The van der Waals surface area contributed by atoms with Crippen LogP contribution in [0.2, 0.25) is 5.02 Å². The molecule has 0 radical (unpaired) electrons. The van der Waals surface area contributed by atoms with Crippen molar-refractivity contribution in [3.8, 4) is 0 Å². The standard InChI is InChI=1S/C21H27ClN10O3/c1-34-15-9-31(8-13(15)28-21(33)35-2)14-6-10(23)5-12(17(14)22)27-20-29-18(26-11-3-4-11)19-25-7-16(24)32(19)30-20/h5-7,11,13,15H,3-4,8-9,23-24H2,1-2H3,(H,28,33)(H2,26,27,29,30)/t13-,15-/m0/s1. The summed E-state index contributed by atoms with van der Waals surface area (Å²) in [6.45, 7) is 0.955. The van der Waals surface area contributed by atoms with Crippen LogP contribution in [0.15, 0.2) is 18.3 Å². The molecule has 2 atom stereocenters. The number of halogens is 1. The molecular formula is C21H27ClN10O3. The lowest BCUT2D eigenvalue weighted by Crippen LogP contribution is -2.43. The van der Waals surface area contributed by atoms with Crippen molar-refractivity contribution >= 4 is 58.0 Å². The molecule has 186 valence electrons. The number of nitrogens with two attached hydrogens (primary N) is 2. The van der Waals surface area contributed by atoms with Gasteiger partial charge in [-0.3, -0.25) is 0 Å². The van der Waals surface area contributed by atoms with E-state index in [2.05, 4.69) is 31.0 Å². The minimum atomic E-state index is -0.526. The van der Waals surface area contributed by atoms with Crippen molar-refractivity contribution < 1.29 is 14.3 Å². The van der Waals surface area contributed by atoms with Crippen LogP contribution in [0.3, 0.4) is 0 Å². The van der Waals surface area contributed by atoms with Crippen LogP contribution in [0.1, 0.15) is 12.8 Å². The van der Waals surface area contributed by atoms with Crippen LogP contribution in [-0.4, -0.2) is 71.2 Å². The molecule has 2 fully saturated rings. The van der Waals surface area contributed by atoms with Crippen LogP contribution in [-0.2, 0) is 9.47 Å². The minimum absolute atomic E-state index is 0.256. The van der Waals surface area contributed by atoms with Crippen LogP contribution < -0.4 is 32.3 Å². The van der Waals surface area contributed by atoms with Crippen molar-refractivity contribution in [3.63, 3.8) is 0 Å². The van der Waals surface area contributed by atoms with E-state index in [1.807, 2.05) is 4.90 Å². The van der Waals surface area contributed by atoms with Gasteiger partial charge in [-0.15, -0.1) is 5.10 Å². The van der Waals surface area contributed by atoms with Gasteiger partial charge in [0.05, 0.1) is 41.8 Å². The molecule has 0 bridgehead atoms. The largest absolute Gasteiger partial charge is 0.453 e. The molecular weight excluding hydrogens is 476 g/mol. The van der Waals surface area contributed by atoms with E-state index in [4.69, 9.17) is 32.5 Å². The molecule has 2 aromatic heterocycles. The monoisotopic (exact) mass is 502 g/mol. The van der Waals surface area contributed by atoms with Crippen LogP contribution in [0.25, 0.3) is 5.65 Å². The fourth-order valence-corrected chi connectivity index (χ4v) is 4.38. The molecule has 1 aliphatic heterocycles. The normalized spacial score (nSPS) is 19.7. The average Bonchev–Trinajstić information content (AvgIpc) is 3.44. The van der Waals surface area contributed by atoms with E-state index < -0.39 is 6.09 Å². The molecule has 5 rings (SSSR count). The molecule has 35 heavy (non-hydrogen) atoms. The predicted octanol–water partition coefficient (Wildman–Crippen LogP) is 1.82. The number of hydrogen-bond donors (Lipinski definition) is 5. The number of ether oxygens (including phenoxy) is 2. The summed E-state index contributed by atoms with van der Waals surface area (Å²) in [6, 6.07) is 3.56. The summed E-state index contributed by atoms with van der Waals surface area (Å²) in [7, 11) is 2.91. The minimum Gasteiger partial charge on any atom is -0.453 e. The highest BCUT2D eigenvalue weighted by atomic mass is 35.5. The third-order valence-corrected chi connectivity index (χ3v) is 6.42. The summed E-state index contributed by atoms with van der Waals surface area (Å²) < 4.78 is 11.8. The van der Waals surface area contributed by atoms with Crippen molar-refractivity contribution in [1.29, 1.82) is 0 Å². The van der Waals surface area contributed by atoms with E-state index >= 15 is 0 Å². The van der Waals surface area contributed by atoms with Gasteiger partial charge >= 0.3 is 6.09 Å². The van der Waals surface area contributed by atoms with Gasteiger partial charge in [-0.2, -0.15) is 9.50 Å². The number of hydrogen-bond acceptors (Lipinski definition) is 11. The Bertz CT molecular complexity index is 1260. The van der Waals surface area contributed by atoms with Crippen molar-refractivity contribution in [3.05, 3.63) is 23.4 Å². The number of aromatic nitrogens is 4. The van der Waals surface area contributed by atoms with Crippen molar-refractivity contribution in [2.45, 2.75) is 31.0 Å². The lowest BCUT2D eigenvalue weighted by molar-refractivity contribution is 0.0922. The quantitative estimate of drug-likeness (QED) is 0.298. The maximum absolute atomic E-state index is 11.7. The third kappa shape index (κ3) is 4.64. The molecule has 2 aliphatic rings.